The molecular formula is C26H26N2O6S. The van der Waals surface area contributed by atoms with Gasteiger partial charge in [-0.3, -0.25) is 4.79 Å². The number of rotatable bonds is 10. The van der Waals surface area contributed by atoms with Gasteiger partial charge in [-0.2, -0.15) is 0 Å². The molecule has 4 aromatic rings. The molecular weight excluding hydrogens is 468 g/mol. The van der Waals surface area contributed by atoms with E-state index >= 15 is 0 Å². The van der Waals surface area contributed by atoms with Crippen molar-refractivity contribution in [2.24, 2.45) is 0 Å². The average Bonchev–Trinajstić information content (AvgIpc) is 3.45. The van der Waals surface area contributed by atoms with Crippen molar-refractivity contribution in [3.8, 4) is 5.75 Å². The third kappa shape index (κ3) is 6.06. The van der Waals surface area contributed by atoms with Crippen molar-refractivity contribution in [2.75, 3.05) is 12.4 Å². The molecule has 0 bridgehead atoms. The second-order valence-corrected chi connectivity index (χ2v) is 8.94. The van der Waals surface area contributed by atoms with Gasteiger partial charge in [-0.25, -0.2) is 9.78 Å². The summed E-state index contributed by atoms with van der Waals surface area (Å²) in [7, 11) is 1.55. The van der Waals surface area contributed by atoms with E-state index in [4.69, 9.17) is 18.6 Å². The Hall–Kier alpha value is -3.69. The maximum atomic E-state index is 12.8. The van der Waals surface area contributed by atoms with Crippen LogP contribution in [0.3, 0.4) is 0 Å². The molecule has 0 aliphatic heterocycles. The predicted octanol–water partition coefficient (Wildman–Crippen LogP) is 5.36. The van der Waals surface area contributed by atoms with Crippen molar-refractivity contribution in [2.45, 2.75) is 39.6 Å². The first kappa shape index (κ1) is 24.4. The summed E-state index contributed by atoms with van der Waals surface area (Å²) in [5, 5.41) is 6.01. The smallest absolute Gasteiger partial charge is 0.375 e. The maximum Gasteiger partial charge on any atom is 0.375 e. The number of thiazole rings is 1. The molecule has 182 valence electrons. The average molecular weight is 495 g/mol. The number of methoxy groups -OCH3 is 1. The van der Waals surface area contributed by atoms with Gasteiger partial charge in [0, 0.05) is 16.3 Å². The fourth-order valence-corrected chi connectivity index (χ4v) is 4.22. The van der Waals surface area contributed by atoms with Gasteiger partial charge in [-0.05, 0) is 32.0 Å². The number of hydrogen-bond donors (Lipinski definition) is 1. The highest BCUT2D eigenvalue weighted by molar-refractivity contribution is 7.09. The summed E-state index contributed by atoms with van der Waals surface area (Å²) in [4.78, 5) is 29.7. The second kappa shape index (κ2) is 11.2. The van der Waals surface area contributed by atoms with Gasteiger partial charge in [-0.15, -0.1) is 11.3 Å². The van der Waals surface area contributed by atoms with E-state index in [1.165, 1.54) is 11.3 Å². The first-order chi connectivity index (χ1) is 16.9. The summed E-state index contributed by atoms with van der Waals surface area (Å²) >= 11 is 1.33. The lowest BCUT2D eigenvalue weighted by atomic mass is 10.1. The number of ether oxygens (including phenoxy) is 3. The third-order valence-electron chi connectivity index (χ3n) is 5.09. The van der Waals surface area contributed by atoms with Gasteiger partial charge in [0.25, 0.3) is 0 Å². The van der Waals surface area contributed by atoms with Crippen LogP contribution in [0, 0.1) is 0 Å². The summed E-state index contributed by atoms with van der Waals surface area (Å²) < 4.78 is 22.2. The van der Waals surface area contributed by atoms with Gasteiger partial charge >= 0.3 is 5.97 Å². The van der Waals surface area contributed by atoms with E-state index < -0.39 is 5.97 Å². The molecule has 0 spiro atoms. The Morgan fingerprint density at radius 3 is 2.66 bits per heavy atom. The van der Waals surface area contributed by atoms with Crippen LogP contribution < -0.4 is 10.1 Å². The van der Waals surface area contributed by atoms with Crippen LogP contribution in [0.15, 0.2) is 58.3 Å². The van der Waals surface area contributed by atoms with Crippen LogP contribution in [0.1, 0.15) is 40.7 Å². The number of nitrogens with one attached hydrogen (secondary N) is 1. The van der Waals surface area contributed by atoms with Gasteiger partial charge in [0.15, 0.2) is 0 Å². The van der Waals surface area contributed by atoms with E-state index in [0.29, 0.717) is 33.3 Å². The molecule has 1 N–H and O–H groups in total. The molecule has 0 unspecified atom stereocenters. The first-order valence-electron chi connectivity index (χ1n) is 11.1. The minimum absolute atomic E-state index is 0.00105. The van der Waals surface area contributed by atoms with Crippen LogP contribution in [-0.2, 0) is 33.9 Å². The first-order valence-corrected chi connectivity index (χ1v) is 12.0. The quantitative estimate of drug-likeness (QED) is 0.296. The number of esters is 1. The molecule has 0 radical (unpaired) electrons. The highest BCUT2D eigenvalue weighted by atomic mass is 32.1. The Labute approximate surface area is 206 Å². The van der Waals surface area contributed by atoms with E-state index in [-0.39, 0.29) is 37.4 Å². The van der Waals surface area contributed by atoms with Crippen LogP contribution in [0.2, 0.25) is 0 Å². The van der Waals surface area contributed by atoms with Gasteiger partial charge < -0.3 is 23.9 Å². The number of benzene rings is 2. The van der Waals surface area contributed by atoms with Crippen LogP contribution >= 0.6 is 11.3 Å². The van der Waals surface area contributed by atoms with E-state index in [2.05, 4.69) is 10.3 Å². The van der Waals surface area contributed by atoms with Gasteiger partial charge in [-0.1, -0.05) is 30.3 Å². The topological polar surface area (TPSA) is 99.9 Å². The highest BCUT2D eigenvalue weighted by Gasteiger charge is 2.23. The number of nitrogens with zero attached hydrogens (tertiary/aromatic N) is 1. The zero-order chi connectivity index (χ0) is 24.8. The largest absolute Gasteiger partial charge is 0.495 e. The molecule has 9 heteroatoms. The van der Waals surface area contributed by atoms with E-state index in [1.54, 1.807) is 30.7 Å². The Morgan fingerprint density at radius 1 is 1.09 bits per heavy atom. The number of para-hydroxylation sites is 3. The molecule has 4 rings (SSSR count). The van der Waals surface area contributed by atoms with Crippen LogP contribution in [0.4, 0.5) is 5.69 Å². The van der Waals surface area contributed by atoms with E-state index in [9.17, 15) is 9.59 Å². The molecule has 0 saturated carbocycles. The molecule has 1 amide bonds. The van der Waals surface area contributed by atoms with Gasteiger partial charge in [0.1, 0.15) is 22.9 Å². The standard InChI is InChI=1S/C26H26N2O6S/c1-16(2)32-14-19-18-8-4-6-10-21(18)34-25(19)26(30)33-13-17-15-35-24(27-17)12-23(29)28-20-9-5-7-11-22(20)31-3/h4-11,15-16H,12-14H2,1-3H3,(H,28,29). The summed E-state index contributed by atoms with van der Waals surface area (Å²) in [6.07, 6.45) is 0.0952. The predicted molar refractivity (Wildman–Crippen MR) is 133 cm³/mol. The Kier molecular flexibility index (Phi) is 7.79. The maximum absolute atomic E-state index is 12.8. The minimum Gasteiger partial charge on any atom is -0.495 e. The number of carbonyl (C=O) groups is 2. The van der Waals surface area contributed by atoms with Crippen molar-refractivity contribution in [1.82, 2.24) is 4.98 Å². The van der Waals surface area contributed by atoms with Crippen molar-refractivity contribution in [1.29, 1.82) is 0 Å². The Bertz CT molecular complexity index is 1330. The Morgan fingerprint density at radius 2 is 1.86 bits per heavy atom. The van der Waals surface area contributed by atoms with Crippen LogP contribution in [0.5, 0.6) is 5.75 Å². The molecule has 0 aliphatic rings. The molecule has 2 heterocycles. The number of furan rings is 1. The zero-order valence-corrected chi connectivity index (χ0v) is 20.5. The van der Waals surface area contributed by atoms with Gasteiger partial charge in [0.05, 0.1) is 37.6 Å². The third-order valence-corrected chi connectivity index (χ3v) is 5.99. The second-order valence-electron chi connectivity index (χ2n) is 8.00. The lowest BCUT2D eigenvalue weighted by molar-refractivity contribution is -0.115. The zero-order valence-electron chi connectivity index (χ0n) is 19.7. The molecule has 2 aromatic heterocycles. The van der Waals surface area contributed by atoms with Crippen molar-refractivity contribution < 1.29 is 28.2 Å². The minimum atomic E-state index is -0.591. The molecule has 0 saturated heterocycles. The fraction of sp³-hybridized carbons (Fsp3) is 0.269. The number of fused-ring (bicyclic) bond motifs is 1. The molecule has 8 nitrogen and oxygen atoms in total. The van der Waals surface area contributed by atoms with Crippen molar-refractivity contribution in [3.05, 3.63) is 75.9 Å². The summed E-state index contributed by atoms with van der Waals surface area (Å²) in [6, 6.07) is 14.6. The lowest BCUT2D eigenvalue weighted by Gasteiger charge is -2.09. The Balaban J connectivity index is 1.38. The fourth-order valence-electron chi connectivity index (χ4n) is 3.44. The highest BCUT2D eigenvalue weighted by Crippen LogP contribution is 2.28. The lowest BCUT2D eigenvalue weighted by Crippen LogP contribution is -2.15. The molecule has 35 heavy (non-hydrogen) atoms. The normalized spacial score (nSPS) is 11.1. The number of amides is 1. The number of carbonyl (C=O) groups excluding carboxylic acids is 2. The van der Waals surface area contributed by atoms with E-state index in [1.807, 2.05) is 44.2 Å². The van der Waals surface area contributed by atoms with Crippen LogP contribution in [0.25, 0.3) is 11.0 Å². The number of anilines is 1. The monoisotopic (exact) mass is 494 g/mol. The molecule has 0 atom stereocenters. The molecule has 2 aromatic carbocycles. The van der Waals surface area contributed by atoms with Crippen molar-refractivity contribution in [3.63, 3.8) is 0 Å². The van der Waals surface area contributed by atoms with Crippen LogP contribution in [-0.4, -0.2) is 30.1 Å². The summed E-state index contributed by atoms with van der Waals surface area (Å²) in [5.74, 6) is -0.105. The SMILES string of the molecule is COc1ccccc1NC(=O)Cc1nc(COC(=O)c2oc3ccccc3c2COC(C)C)cs1. The number of aromatic nitrogens is 1. The van der Waals surface area contributed by atoms with Crippen molar-refractivity contribution >= 4 is 39.9 Å². The summed E-state index contributed by atoms with van der Waals surface area (Å²) in [5.41, 5.74) is 2.40. The number of hydrogen-bond acceptors (Lipinski definition) is 8. The van der Waals surface area contributed by atoms with Gasteiger partial charge in [0.2, 0.25) is 11.7 Å². The van der Waals surface area contributed by atoms with E-state index in [0.717, 1.165) is 5.39 Å². The molecule has 0 fully saturated rings. The molecule has 0 aliphatic carbocycles. The summed E-state index contributed by atoms with van der Waals surface area (Å²) in [6.45, 7) is 4.06.